The van der Waals surface area contributed by atoms with Crippen LogP contribution in [0.3, 0.4) is 0 Å². The zero-order valence-corrected chi connectivity index (χ0v) is 17.6. The molecule has 146 valence electrons. The summed E-state index contributed by atoms with van der Waals surface area (Å²) in [4.78, 5) is 28.1. The predicted molar refractivity (Wildman–Crippen MR) is 116 cm³/mol. The molecule has 0 spiro atoms. The maximum atomic E-state index is 13.2. The highest BCUT2D eigenvalue weighted by molar-refractivity contribution is 7.12. The van der Waals surface area contributed by atoms with Crippen LogP contribution in [-0.4, -0.2) is 16.8 Å². The molecule has 1 unspecified atom stereocenters. The number of rotatable bonds is 4. The Morgan fingerprint density at radius 3 is 2.52 bits per heavy atom. The van der Waals surface area contributed by atoms with E-state index in [2.05, 4.69) is 0 Å². The summed E-state index contributed by atoms with van der Waals surface area (Å²) in [5, 5.41) is 13.1. The standard InChI is InChI=1S/C22H15Cl2NO3S/c1-12-4-2-5-14(10-12)25-19(13-7-8-15(23)16(24)11-13)18(21(27)22(25)28)20(26)17-6-3-9-29-17/h2-11,19,27H,1H3. The minimum atomic E-state index is -0.825. The van der Waals surface area contributed by atoms with E-state index in [1.165, 1.54) is 16.2 Å². The van der Waals surface area contributed by atoms with E-state index in [9.17, 15) is 14.7 Å². The first-order chi connectivity index (χ1) is 13.9. The molecule has 7 heteroatoms. The van der Waals surface area contributed by atoms with Crippen LogP contribution in [0.4, 0.5) is 5.69 Å². The largest absolute Gasteiger partial charge is 0.503 e. The Balaban J connectivity index is 1.91. The van der Waals surface area contributed by atoms with Gasteiger partial charge in [0.15, 0.2) is 5.76 Å². The molecule has 3 aromatic rings. The average Bonchev–Trinajstić information content (AvgIpc) is 3.31. The summed E-state index contributed by atoms with van der Waals surface area (Å²) in [5.41, 5.74) is 2.13. The number of hydrogen-bond acceptors (Lipinski definition) is 4. The van der Waals surface area contributed by atoms with Gasteiger partial charge in [0.2, 0.25) is 5.78 Å². The van der Waals surface area contributed by atoms with Crippen molar-refractivity contribution in [3.63, 3.8) is 0 Å². The molecule has 4 nitrogen and oxygen atoms in total. The number of ketones is 1. The second-order valence-corrected chi connectivity index (χ2v) is 8.42. The van der Waals surface area contributed by atoms with Crippen molar-refractivity contribution in [3.05, 3.63) is 97.4 Å². The Hall–Kier alpha value is -2.60. The predicted octanol–water partition coefficient (Wildman–Crippen LogP) is 6.15. The van der Waals surface area contributed by atoms with Crippen LogP contribution in [0.25, 0.3) is 0 Å². The number of halogens is 2. The summed E-state index contributed by atoms with van der Waals surface area (Å²) < 4.78 is 0. The first-order valence-electron chi connectivity index (χ1n) is 8.75. The summed E-state index contributed by atoms with van der Waals surface area (Å²) in [6.07, 6.45) is 0. The van der Waals surface area contributed by atoms with Crippen molar-refractivity contribution < 1.29 is 14.7 Å². The van der Waals surface area contributed by atoms with Gasteiger partial charge in [0, 0.05) is 5.69 Å². The number of thiophene rings is 1. The van der Waals surface area contributed by atoms with Crippen LogP contribution >= 0.6 is 34.5 Å². The van der Waals surface area contributed by atoms with Crippen molar-refractivity contribution in [2.75, 3.05) is 4.90 Å². The molecule has 0 fully saturated rings. The van der Waals surface area contributed by atoms with E-state index < -0.39 is 23.5 Å². The van der Waals surface area contributed by atoms with Gasteiger partial charge in [-0.15, -0.1) is 11.3 Å². The number of aliphatic hydroxyl groups excluding tert-OH is 1. The Labute approximate surface area is 181 Å². The molecule has 1 aromatic heterocycles. The fourth-order valence-corrected chi connectivity index (χ4v) is 4.40. The van der Waals surface area contributed by atoms with Gasteiger partial charge in [0.25, 0.3) is 5.91 Å². The van der Waals surface area contributed by atoms with E-state index in [4.69, 9.17) is 23.2 Å². The first-order valence-corrected chi connectivity index (χ1v) is 10.4. The fraction of sp³-hybridized carbons (Fsp3) is 0.0909. The number of benzene rings is 2. The maximum absolute atomic E-state index is 13.2. The number of anilines is 1. The van der Waals surface area contributed by atoms with Crippen LogP contribution in [0.2, 0.25) is 10.0 Å². The third kappa shape index (κ3) is 3.46. The minimum Gasteiger partial charge on any atom is -0.503 e. The minimum absolute atomic E-state index is 0.0253. The quantitative estimate of drug-likeness (QED) is 0.492. The molecule has 1 atom stereocenters. The highest BCUT2D eigenvalue weighted by atomic mass is 35.5. The van der Waals surface area contributed by atoms with Gasteiger partial charge in [0.1, 0.15) is 0 Å². The zero-order chi connectivity index (χ0) is 20.7. The SMILES string of the molecule is Cc1cccc(N2C(=O)C(O)=C(C(=O)c3cccs3)C2c2ccc(Cl)c(Cl)c2)c1. The molecule has 2 heterocycles. The highest BCUT2D eigenvalue weighted by Crippen LogP contribution is 2.43. The number of Topliss-reactive ketones (excluding diaryl/α,β-unsaturated/α-hetero) is 1. The third-order valence-corrected chi connectivity index (χ3v) is 6.34. The van der Waals surface area contributed by atoms with E-state index in [0.717, 1.165) is 5.56 Å². The molecule has 0 aliphatic carbocycles. The fourth-order valence-electron chi connectivity index (χ4n) is 3.42. The van der Waals surface area contributed by atoms with E-state index in [-0.39, 0.29) is 5.57 Å². The number of carbonyl (C=O) groups excluding carboxylic acids is 2. The topological polar surface area (TPSA) is 57.6 Å². The van der Waals surface area contributed by atoms with Crippen molar-refractivity contribution in [1.29, 1.82) is 0 Å². The lowest BCUT2D eigenvalue weighted by molar-refractivity contribution is -0.117. The maximum Gasteiger partial charge on any atom is 0.294 e. The normalized spacial score (nSPS) is 16.6. The van der Waals surface area contributed by atoms with Crippen LogP contribution in [0.15, 0.2) is 71.3 Å². The number of hydrogen-bond donors (Lipinski definition) is 1. The molecule has 1 N–H and O–H groups in total. The number of nitrogens with zero attached hydrogens (tertiary/aromatic N) is 1. The molecule has 0 saturated carbocycles. The molecular weight excluding hydrogens is 429 g/mol. The molecule has 4 rings (SSSR count). The lowest BCUT2D eigenvalue weighted by Gasteiger charge is -2.27. The Kier molecular flexibility index (Phi) is 5.21. The van der Waals surface area contributed by atoms with Gasteiger partial charge < -0.3 is 5.11 Å². The molecule has 0 saturated heterocycles. The van der Waals surface area contributed by atoms with Gasteiger partial charge in [-0.1, -0.05) is 47.5 Å². The second-order valence-electron chi connectivity index (χ2n) is 6.66. The number of amides is 1. The van der Waals surface area contributed by atoms with Gasteiger partial charge in [0.05, 0.1) is 26.5 Å². The van der Waals surface area contributed by atoms with Crippen molar-refractivity contribution in [2.45, 2.75) is 13.0 Å². The summed E-state index contributed by atoms with van der Waals surface area (Å²) in [7, 11) is 0. The lowest BCUT2D eigenvalue weighted by atomic mass is 9.95. The van der Waals surface area contributed by atoms with Gasteiger partial charge in [-0.2, -0.15) is 0 Å². The van der Waals surface area contributed by atoms with Crippen LogP contribution < -0.4 is 4.90 Å². The van der Waals surface area contributed by atoms with Crippen LogP contribution in [0.1, 0.15) is 26.8 Å². The molecule has 0 bridgehead atoms. The molecule has 0 radical (unpaired) electrons. The van der Waals surface area contributed by atoms with E-state index in [1.54, 1.807) is 41.8 Å². The first kappa shape index (κ1) is 19.7. The molecule has 2 aromatic carbocycles. The molecule has 1 aliphatic rings. The number of aliphatic hydroxyl groups is 1. The average molecular weight is 444 g/mol. The Bertz CT molecular complexity index is 1150. The Morgan fingerprint density at radius 1 is 1.07 bits per heavy atom. The highest BCUT2D eigenvalue weighted by Gasteiger charge is 2.45. The summed E-state index contributed by atoms with van der Waals surface area (Å²) in [6.45, 7) is 1.91. The zero-order valence-electron chi connectivity index (χ0n) is 15.2. The smallest absolute Gasteiger partial charge is 0.294 e. The van der Waals surface area contributed by atoms with Gasteiger partial charge in [-0.3, -0.25) is 14.5 Å². The van der Waals surface area contributed by atoms with E-state index in [0.29, 0.717) is 26.2 Å². The van der Waals surface area contributed by atoms with Crippen LogP contribution in [0, 0.1) is 6.92 Å². The summed E-state index contributed by atoms with van der Waals surface area (Å²) >= 11 is 13.5. The number of carbonyl (C=O) groups is 2. The second kappa shape index (κ2) is 7.67. The van der Waals surface area contributed by atoms with Crippen LogP contribution in [0.5, 0.6) is 0 Å². The number of aryl methyl sites for hydroxylation is 1. The van der Waals surface area contributed by atoms with Crippen molar-refractivity contribution in [1.82, 2.24) is 0 Å². The third-order valence-electron chi connectivity index (χ3n) is 4.74. The molecular formula is C22H15Cl2NO3S. The van der Waals surface area contributed by atoms with Crippen molar-refractivity contribution >= 4 is 51.9 Å². The van der Waals surface area contributed by atoms with Crippen molar-refractivity contribution in [3.8, 4) is 0 Å². The summed E-state index contributed by atoms with van der Waals surface area (Å²) in [6, 6.07) is 14.8. The van der Waals surface area contributed by atoms with Crippen molar-refractivity contribution in [2.24, 2.45) is 0 Å². The van der Waals surface area contributed by atoms with Gasteiger partial charge >= 0.3 is 0 Å². The van der Waals surface area contributed by atoms with E-state index in [1.807, 2.05) is 25.1 Å². The molecule has 1 amide bonds. The lowest BCUT2D eigenvalue weighted by Crippen LogP contribution is -2.31. The molecule has 1 aliphatic heterocycles. The monoisotopic (exact) mass is 443 g/mol. The molecule has 29 heavy (non-hydrogen) atoms. The van der Waals surface area contributed by atoms with Crippen LogP contribution in [-0.2, 0) is 4.79 Å². The Morgan fingerprint density at radius 2 is 1.86 bits per heavy atom. The van der Waals surface area contributed by atoms with Gasteiger partial charge in [-0.05, 0) is 53.8 Å². The summed E-state index contributed by atoms with van der Waals surface area (Å²) in [5.74, 6) is -1.58. The van der Waals surface area contributed by atoms with E-state index >= 15 is 0 Å². The van der Waals surface area contributed by atoms with Gasteiger partial charge in [-0.25, -0.2) is 0 Å².